The minimum absolute atomic E-state index is 0.113. The Hall–Kier alpha value is -1.36. The molecule has 1 aliphatic carbocycles. The first-order valence-electron chi connectivity index (χ1n) is 6.64. The molecule has 1 aromatic rings. The Bertz CT molecular complexity index is 445. The predicted octanol–water partition coefficient (Wildman–Crippen LogP) is 2.84. The van der Waals surface area contributed by atoms with Gasteiger partial charge in [-0.3, -0.25) is 0 Å². The topological polar surface area (TPSA) is 61.3 Å². The minimum atomic E-state index is -1.03. The SMILES string of the molecule is NCC1(COc2c(N)ccc(F)c2F)CCCCC1. The van der Waals surface area contributed by atoms with Gasteiger partial charge in [0.2, 0.25) is 5.82 Å². The van der Waals surface area contributed by atoms with Crippen molar-refractivity contribution in [2.75, 3.05) is 18.9 Å². The van der Waals surface area contributed by atoms with Gasteiger partial charge < -0.3 is 16.2 Å². The predicted molar refractivity (Wildman–Crippen MR) is 70.8 cm³/mol. The molecule has 106 valence electrons. The van der Waals surface area contributed by atoms with Crippen LogP contribution < -0.4 is 16.2 Å². The minimum Gasteiger partial charge on any atom is -0.488 e. The molecule has 0 saturated heterocycles. The zero-order chi connectivity index (χ0) is 13.9. The number of nitrogen functional groups attached to an aromatic ring is 1. The van der Waals surface area contributed by atoms with Crippen molar-refractivity contribution in [2.24, 2.45) is 11.1 Å². The Kier molecular flexibility index (Phi) is 4.24. The largest absolute Gasteiger partial charge is 0.488 e. The van der Waals surface area contributed by atoms with Gasteiger partial charge in [0.1, 0.15) is 0 Å². The van der Waals surface area contributed by atoms with Crippen LogP contribution in [0.4, 0.5) is 14.5 Å². The summed E-state index contributed by atoms with van der Waals surface area (Å²) in [7, 11) is 0. The maximum Gasteiger partial charge on any atom is 0.202 e. The Balaban J connectivity index is 2.11. The summed E-state index contributed by atoms with van der Waals surface area (Å²) in [5, 5.41) is 0. The smallest absolute Gasteiger partial charge is 0.202 e. The molecule has 0 heterocycles. The van der Waals surface area contributed by atoms with Crippen molar-refractivity contribution in [2.45, 2.75) is 32.1 Å². The van der Waals surface area contributed by atoms with Gasteiger partial charge in [0.05, 0.1) is 12.3 Å². The standard InChI is InChI=1S/C14H20F2N2O/c15-10-4-5-11(18)13(12(10)16)19-9-14(8-17)6-2-1-3-7-14/h4-5H,1-3,6-9,17-18H2. The third-order valence-corrected chi connectivity index (χ3v) is 3.95. The van der Waals surface area contributed by atoms with E-state index in [2.05, 4.69) is 0 Å². The number of rotatable bonds is 4. The number of hydrogen-bond acceptors (Lipinski definition) is 3. The van der Waals surface area contributed by atoms with Crippen molar-refractivity contribution in [1.29, 1.82) is 0 Å². The van der Waals surface area contributed by atoms with Gasteiger partial charge in [-0.1, -0.05) is 19.3 Å². The summed E-state index contributed by atoms with van der Waals surface area (Å²) in [6.45, 7) is 0.776. The van der Waals surface area contributed by atoms with Crippen LogP contribution in [0, 0.1) is 17.0 Å². The number of anilines is 1. The van der Waals surface area contributed by atoms with E-state index in [4.69, 9.17) is 16.2 Å². The summed E-state index contributed by atoms with van der Waals surface area (Å²) in [5.74, 6) is -2.17. The molecular weight excluding hydrogens is 250 g/mol. The van der Waals surface area contributed by atoms with Gasteiger partial charge in [-0.25, -0.2) is 4.39 Å². The van der Waals surface area contributed by atoms with Crippen molar-refractivity contribution >= 4 is 5.69 Å². The summed E-state index contributed by atoms with van der Waals surface area (Å²) in [6, 6.07) is 2.31. The van der Waals surface area contributed by atoms with Crippen LogP contribution in [0.1, 0.15) is 32.1 Å². The van der Waals surface area contributed by atoms with Crippen LogP contribution >= 0.6 is 0 Å². The quantitative estimate of drug-likeness (QED) is 0.827. The first-order valence-corrected chi connectivity index (χ1v) is 6.64. The highest BCUT2D eigenvalue weighted by molar-refractivity contribution is 5.53. The average Bonchev–Trinajstić information content (AvgIpc) is 2.44. The summed E-state index contributed by atoms with van der Waals surface area (Å²) in [4.78, 5) is 0. The van der Waals surface area contributed by atoms with Crippen molar-refractivity contribution in [3.05, 3.63) is 23.8 Å². The van der Waals surface area contributed by atoms with E-state index in [9.17, 15) is 8.78 Å². The number of ether oxygens (including phenoxy) is 1. The van der Waals surface area contributed by atoms with E-state index in [0.29, 0.717) is 6.54 Å². The van der Waals surface area contributed by atoms with Crippen LogP contribution in [0.3, 0.4) is 0 Å². The molecule has 1 aromatic carbocycles. The Morgan fingerprint density at radius 2 is 1.84 bits per heavy atom. The lowest BCUT2D eigenvalue weighted by Crippen LogP contribution is -2.38. The third kappa shape index (κ3) is 2.97. The molecule has 5 heteroatoms. The van der Waals surface area contributed by atoms with Gasteiger partial charge in [-0.05, 0) is 25.0 Å². The van der Waals surface area contributed by atoms with E-state index >= 15 is 0 Å². The molecule has 0 unspecified atom stereocenters. The molecule has 19 heavy (non-hydrogen) atoms. The summed E-state index contributed by atoms with van der Waals surface area (Å²) in [5.41, 5.74) is 11.4. The summed E-state index contributed by atoms with van der Waals surface area (Å²) >= 11 is 0. The first-order chi connectivity index (χ1) is 9.08. The lowest BCUT2D eigenvalue weighted by atomic mass is 9.75. The van der Waals surface area contributed by atoms with Crippen LogP contribution in [0.2, 0.25) is 0 Å². The molecule has 2 rings (SSSR count). The zero-order valence-corrected chi connectivity index (χ0v) is 10.9. The van der Waals surface area contributed by atoms with E-state index in [1.54, 1.807) is 0 Å². The molecule has 1 saturated carbocycles. The normalized spacial score (nSPS) is 18.3. The van der Waals surface area contributed by atoms with Gasteiger partial charge in [0, 0.05) is 12.0 Å². The Morgan fingerprint density at radius 3 is 2.47 bits per heavy atom. The highest BCUT2D eigenvalue weighted by Gasteiger charge is 2.32. The molecule has 1 aliphatic rings. The second-order valence-electron chi connectivity index (χ2n) is 5.33. The lowest BCUT2D eigenvalue weighted by Gasteiger charge is -2.35. The highest BCUT2D eigenvalue weighted by atomic mass is 19.2. The fourth-order valence-corrected chi connectivity index (χ4v) is 2.63. The maximum atomic E-state index is 13.6. The molecule has 4 N–H and O–H groups in total. The summed E-state index contributed by atoms with van der Waals surface area (Å²) < 4.78 is 32.3. The molecular formula is C14H20F2N2O. The molecule has 1 fully saturated rings. The van der Waals surface area contributed by atoms with Gasteiger partial charge in [-0.2, -0.15) is 4.39 Å². The van der Waals surface area contributed by atoms with Gasteiger partial charge in [0.25, 0.3) is 0 Å². The van der Waals surface area contributed by atoms with Crippen LogP contribution in [-0.2, 0) is 0 Å². The van der Waals surface area contributed by atoms with E-state index in [1.165, 1.54) is 12.5 Å². The number of benzene rings is 1. The van der Waals surface area contributed by atoms with Crippen LogP contribution in [-0.4, -0.2) is 13.2 Å². The van der Waals surface area contributed by atoms with Gasteiger partial charge in [0.15, 0.2) is 11.6 Å². The third-order valence-electron chi connectivity index (χ3n) is 3.95. The second-order valence-corrected chi connectivity index (χ2v) is 5.33. The van der Waals surface area contributed by atoms with Gasteiger partial charge in [-0.15, -0.1) is 0 Å². The fraction of sp³-hybridized carbons (Fsp3) is 0.571. The molecule has 0 spiro atoms. The van der Waals surface area contributed by atoms with Crippen LogP contribution in [0.15, 0.2) is 12.1 Å². The molecule has 0 radical (unpaired) electrons. The average molecular weight is 270 g/mol. The van der Waals surface area contributed by atoms with Crippen molar-refractivity contribution < 1.29 is 13.5 Å². The van der Waals surface area contributed by atoms with Crippen LogP contribution in [0.25, 0.3) is 0 Å². The molecule has 3 nitrogen and oxygen atoms in total. The summed E-state index contributed by atoms with van der Waals surface area (Å²) in [6.07, 6.45) is 5.31. The second kappa shape index (κ2) is 5.74. The monoisotopic (exact) mass is 270 g/mol. The molecule has 0 aromatic heterocycles. The molecule has 0 atom stereocenters. The highest BCUT2D eigenvalue weighted by Crippen LogP contribution is 2.37. The molecule has 0 bridgehead atoms. The van der Waals surface area contributed by atoms with E-state index in [1.807, 2.05) is 0 Å². The first kappa shape index (κ1) is 14.1. The maximum absolute atomic E-state index is 13.6. The van der Waals surface area contributed by atoms with Crippen molar-refractivity contribution in [1.82, 2.24) is 0 Å². The number of hydrogen-bond donors (Lipinski definition) is 2. The van der Waals surface area contributed by atoms with Gasteiger partial charge >= 0.3 is 0 Å². The van der Waals surface area contributed by atoms with E-state index < -0.39 is 11.6 Å². The number of nitrogens with two attached hydrogens (primary N) is 2. The van der Waals surface area contributed by atoms with Crippen molar-refractivity contribution in [3.63, 3.8) is 0 Å². The number of halogens is 2. The van der Waals surface area contributed by atoms with Crippen molar-refractivity contribution in [3.8, 4) is 5.75 Å². The molecule has 0 amide bonds. The Labute approximate surface area is 111 Å². The molecule has 0 aliphatic heterocycles. The van der Waals surface area contributed by atoms with E-state index in [0.717, 1.165) is 31.7 Å². The van der Waals surface area contributed by atoms with Crippen LogP contribution in [0.5, 0.6) is 5.75 Å². The van der Waals surface area contributed by atoms with E-state index in [-0.39, 0.29) is 23.5 Å². The zero-order valence-electron chi connectivity index (χ0n) is 10.9. The Morgan fingerprint density at radius 1 is 1.16 bits per heavy atom. The fourth-order valence-electron chi connectivity index (χ4n) is 2.63. The lowest BCUT2D eigenvalue weighted by molar-refractivity contribution is 0.102.